The highest BCUT2D eigenvalue weighted by molar-refractivity contribution is 5.78. The molecular formula is C14H25N3O3. The quantitative estimate of drug-likeness (QED) is 0.743. The van der Waals surface area contributed by atoms with Crippen LogP contribution in [0.25, 0.3) is 0 Å². The molecule has 2 fully saturated rings. The van der Waals surface area contributed by atoms with Gasteiger partial charge in [0, 0.05) is 45.7 Å². The van der Waals surface area contributed by atoms with Crippen LogP contribution in [0.4, 0.5) is 0 Å². The van der Waals surface area contributed by atoms with Gasteiger partial charge in [-0.25, -0.2) is 0 Å². The summed E-state index contributed by atoms with van der Waals surface area (Å²) < 4.78 is 0. The van der Waals surface area contributed by atoms with E-state index >= 15 is 0 Å². The summed E-state index contributed by atoms with van der Waals surface area (Å²) in [4.78, 5) is 26.9. The number of rotatable bonds is 5. The van der Waals surface area contributed by atoms with Crippen molar-refractivity contribution in [2.45, 2.75) is 25.7 Å². The Kier molecular flexibility index (Phi) is 5.79. The van der Waals surface area contributed by atoms with Gasteiger partial charge in [0.1, 0.15) is 0 Å². The van der Waals surface area contributed by atoms with Crippen LogP contribution in [0.2, 0.25) is 0 Å². The SMILES string of the molecule is O=C(O)CCC1CCN(C(=O)CN2CCNCC2)CC1. The van der Waals surface area contributed by atoms with Gasteiger partial charge < -0.3 is 15.3 Å². The maximum absolute atomic E-state index is 12.2. The number of likely N-dealkylation sites (tertiary alicyclic amines) is 1. The number of carboxylic acids is 1. The Morgan fingerprint density at radius 3 is 2.35 bits per heavy atom. The van der Waals surface area contributed by atoms with E-state index in [1.54, 1.807) is 0 Å². The van der Waals surface area contributed by atoms with Gasteiger partial charge in [0.2, 0.25) is 5.91 Å². The largest absolute Gasteiger partial charge is 0.481 e. The van der Waals surface area contributed by atoms with E-state index in [0.717, 1.165) is 58.5 Å². The van der Waals surface area contributed by atoms with Gasteiger partial charge in [-0.1, -0.05) is 0 Å². The van der Waals surface area contributed by atoms with Crippen LogP contribution < -0.4 is 5.32 Å². The molecule has 2 heterocycles. The van der Waals surface area contributed by atoms with Crippen LogP contribution in [0.5, 0.6) is 0 Å². The summed E-state index contributed by atoms with van der Waals surface area (Å²) in [6, 6.07) is 0. The monoisotopic (exact) mass is 283 g/mol. The molecule has 2 rings (SSSR count). The molecule has 2 N–H and O–H groups in total. The van der Waals surface area contributed by atoms with E-state index in [-0.39, 0.29) is 12.3 Å². The molecule has 0 aromatic heterocycles. The van der Waals surface area contributed by atoms with E-state index in [1.807, 2.05) is 4.90 Å². The predicted molar refractivity (Wildman–Crippen MR) is 75.5 cm³/mol. The van der Waals surface area contributed by atoms with Crippen LogP contribution in [0.3, 0.4) is 0 Å². The van der Waals surface area contributed by atoms with Crippen LogP contribution in [0.1, 0.15) is 25.7 Å². The fourth-order valence-electron chi connectivity index (χ4n) is 2.96. The zero-order valence-corrected chi connectivity index (χ0v) is 12.0. The lowest BCUT2D eigenvalue weighted by molar-refractivity contribution is -0.138. The molecule has 6 heteroatoms. The molecule has 20 heavy (non-hydrogen) atoms. The Balaban J connectivity index is 1.67. The number of carbonyl (C=O) groups excluding carboxylic acids is 1. The molecule has 0 spiro atoms. The molecule has 2 aliphatic rings. The second-order valence-corrected chi connectivity index (χ2v) is 5.78. The van der Waals surface area contributed by atoms with Crippen molar-refractivity contribution in [2.75, 3.05) is 45.8 Å². The van der Waals surface area contributed by atoms with Crippen molar-refractivity contribution in [3.8, 4) is 0 Å². The van der Waals surface area contributed by atoms with Crippen LogP contribution >= 0.6 is 0 Å². The normalized spacial score (nSPS) is 21.9. The smallest absolute Gasteiger partial charge is 0.303 e. The number of piperazine rings is 1. The van der Waals surface area contributed by atoms with Gasteiger partial charge in [-0.2, -0.15) is 0 Å². The lowest BCUT2D eigenvalue weighted by Gasteiger charge is -2.34. The van der Waals surface area contributed by atoms with Crippen molar-refractivity contribution in [3.63, 3.8) is 0 Å². The van der Waals surface area contributed by atoms with Gasteiger partial charge in [0.25, 0.3) is 0 Å². The number of carbonyl (C=O) groups is 2. The van der Waals surface area contributed by atoms with Gasteiger partial charge in [-0.15, -0.1) is 0 Å². The molecule has 6 nitrogen and oxygen atoms in total. The van der Waals surface area contributed by atoms with Gasteiger partial charge in [0.05, 0.1) is 6.54 Å². The molecule has 0 atom stereocenters. The number of amides is 1. The van der Waals surface area contributed by atoms with Crippen LogP contribution in [0.15, 0.2) is 0 Å². The van der Waals surface area contributed by atoms with Crippen LogP contribution in [-0.2, 0) is 9.59 Å². The van der Waals surface area contributed by atoms with Crippen LogP contribution in [0, 0.1) is 5.92 Å². The maximum atomic E-state index is 12.2. The first kappa shape index (κ1) is 15.3. The Hall–Kier alpha value is -1.14. The molecule has 0 bridgehead atoms. The predicted octanol–water partition coefficient (Wildman–Crippen LogP) is -0.00500. The van der Waals surface area contributed by atoms with Crippen LogP contribution in [-0.4, -0.2) is 72.6 Å². The first-order valence-electron chi connectivity index (χ1n) is 7.58. The van der Waals surface area contributed by atoms with Gasteiger partial charge >= 0.3 is 5.97 Å². The number of hydrogen-bond donors (Lipinski definition) is 2. The third kappa shape index (κ3) is 4.76. The zero-order valence-electron chi connectivity index (χ0n) is 12.0. The highest BCUT2D eigenvalue weighted by Gasteiger charge is 2.24. The van der Waals surface area contributed by atoms with E-state index in [4.69, 9.17) is 5.11 Å². The fraction of sp³-hybridized carbons (Fsp3) is 0.857. The number of nitrogens with zero attached hydrogens (tertiary/aromatic N) is 2. The summed E-state index contributed by atoms with van der Waals surface area (Å²) in [5, 5.41) is 12.0. The molecule has 0 saturated carbocycles. The summed E-state index contributed by atoms with van der Waals surface area (Å²) in [5.41, 5.74) is 0. The number of aliphatic carboxylic acids is 1. The molecule has 0 radical (unpaired) electrons. The summed E-state index contributed by atoms with van der Waals surface area (Å²) >= 11 is 0. The summed E-state index contributed by atoms with van der Waals surface area (Å²) in [6.45, 7) is 5.92. The number of piperidine rings is 1. The maximum Gasteiger partial charge on any atom is 0.303 e. The second-order valence-electron chi connectivity index (χ2n) is 5.78. The average molecular weight is 283 g/mol. The molecular weight excluding hydrogens is 258 g/mol. The Morgan fingerprint density at radius 1 is 1.10 bits per heavy atom. The van der Waals surface area contributed by atoms with E-state index < -0.39 is 5.97 Å². The summed E-state index contributed by atoms with van der Waals surface area (Å²) in [6.07, 6.45) is 2.88. The van der Waals surface area contributed by atoms with Gasteiger partial charge in [-0.3, -0.25) is 14.5 Å². The van der Waals surface area contributed by atoms with Crippen molar-refractivity contribution in [2.24, 2.45) is 5.92 Å². The molecule has 114 valence electrons. The Morgan fingerprint density at radius 2 is 1.75 bits per heavy atom. The van der Waals surface area contributed by atoms with Gasteiger partial charge in [-0.05, 0) is 25.2 Å². The van der Waals surface area contributed by atoms with E-state index in [2.05, 4.69) is 10.2 Å². The first-order chi connectivity index (χ1) is 9.65. The van der Waals surface area contributed by atoms with Crippen molar-refractivity contribution in [1.29, 1.82) is 0 Å². The van der Waals surface area contributed by atoms with Crippen molar-refractivity contribution in [3.05, 3.63) is 0 Å². The number of nitrogens with one attached hydrogen (secondary N) is 1. The third-order valence-corrected chi connectivity index (χ3v) is 4.30. The van der Waals surface area contributed by atoms with E-state index in [0.29, 0.717) is 12.5 Å². The van der Waals surface area contributed by atoms with Crippen molar-refractivity contribution < 1.29 is 14.7 Å². The average Bonchev–Trinajstić information content (AvgIpc) is 2.46. The molecule has 0 aromatic carbocycles. The lowest BCUT2D eigenvalue weighted by Crippen LogP contribution is -2.49. The topological polar surface area (TPSA) is 72.9 Å². The first-order valence-corrected chi connectivity index (χ1v) is 7.58. The minimum atomic E-state index is -0.720. The molecule has 0 unspecified atom stereocenters. The van der Waals surface area contributed by atoms with E-state index in [9.17, 15) is 9.59 Å². The minimum Gasteiger partial charge on any atom is -0.481 e. The van der Waals surface area contributed by atoms with Gasteiger partial charge in [0.15, 0.2) is 0 Å². The summed E-state index contributed by atoms with van der Waals surface area (Å²) in [5.74, 6) is -0.0277. The molecule has 2 saturated heterocycles. The second kappa shape index (κ2) is 7.59. The number of carboxylic acid groups (broad SMARTS) is 1. The molecule has 2 aliphatic heterocycles. The Labute approximate surface area is 120 Å². The number of hydrogen-bond acceptors (Lipinski definition) is 4. The Bertz CT molecular complexity index is 335. The molecule has 1 amide bonds. The molecule has 0 aliphatic carbocycles. The highest BCUT2D eigenvalue weighted by Crippen LogP contribution is 2.22. The fourth-order valence-corrected chi connectivity index (χ4v) is 2.96. The van der Waals surface area contributed by atoms with Crippen molar-refractivity contribution >= 4 is 11.9 Å². The minimum absolute atomic E-state index is 0.226. The molecule has 0 aromatic rings. The zero-order chi connectivity index (χ0) is 14.4. The van der Waals surface area contributed by atoms with Crippen molar-refractivity contribution in [1.82, 2.24) is 15.1 Å². The van der Waals surface area contributed by atoms with E-state index in [1.165, 1.54) is 0 Å². The lowest BCUT2D eigenvalue weighted by atomic mass is 9.92. The highest BCUT2D eigenvalue weighted by atomic mass is 16.4. The third-order valence-electron chi connectivity index (χ3n) is 4.30. The summed E-state index contributed by atoms with van der Waals surface area (Å²) in [7, 11) is 0. The standard InChI is InChI=1S/C14H25N3O3/c18-13(11-16-9-5-15-6-10-16)17-7-3-12(4-8-17)1-2-14(19)20/h12,15H,1-11H2,(H,19,20).